The van der Waals surface area contributed by atoms with Crippen LogP contribution in [0.1, 0.15) is 22.3 Å². The van der Waals surface area contributed by atoms with Crippen LogP contribution in [0, 0.1) is 22.7 Å². The van der Waals surface area contributed by atoms with Gasteiger partial charge in [0.1, 0.15) is 0 Å². The highest BCUT2D eigenvalue weighted by Crippen LogP contribution is 2.34. The zero-order chi connectivity index (χ0) is 34.2. The van der Waals surface area contributed by atoms with Crippen molar-refractivity contribution in [3.63, 3.8) is 0 Å². The Morgan fingerprint density at radius 3 is 1.71 bits per heavy atom. The van der Waals surface area contributed by atoms with Crippen LogP contribution in [0.15, 0.2) is 140 Å². The first-order chi connectivity index (χ1) is 24.0. The fourth-order valence-electron chi connectivity index (χ4n) is 5.18. The molecule has 7 aromatic rings. The van der Waals surface area contributed by atoms with Gasteiger partial charge in [0.2, 0.25) is 0 Å². The highest BCUT2D eigenvalue weighted by Gasteiger charge is 2.12. The largest absolute Gasteiger partial charge is 0.361 e. The summed E-state index contributed by atoms with van der Waals surface area (Å²) in [6.45, 7) is 0. The lowest BCUT2D eigenvalue weighted by molar-refractivity contribution is 1.24. The molecule has 0 saturated carbocycles. The summed E-state index contributed by atoms with van der Waals surface area (Å²) in [6.07, 6.45) is 16.7. The first kappa shape index (κ1) is 34.0. The molecule has 0 aliphatic carbocycles. The summed E-state index contributed by atoms with van der Waals surface area (Å²) in [6, 6.07) is 30.8. The van der Waals surface area contributed by atoms with Gasteiger partial charge in [-0.1, -0.05) is 61.8 Å². The van der Waals surface area contributed by atoms with Crippen molar-refractivity contribution < 1.29 is 0 Å². The number of fused-ring (bicyclic) bond motifs is 2. The Hall–Kier alpha value is -4.84. The Morgan fingerprint density at radius 1 is 0.694 bits per heavy atom. The van der Waals surface area contributed by atoms with Crippen molar-refractivity contribution in [2.75, 3.05) is 6.26 Å². The number of nitrogens with one attached hydrogen (secondary N) is 2. The lowest BCUT2D eigenvalue weighted by Crippen LogP contribution is -1.85. The van der Waals surface area contributed by atoms with E-state index in [1.807, 2.05) is 97.5 Å². The molecule has 7 rings (SSSR count). The molecular weight excluding hydrogens is 776 g/mol. The summed E-state index contributed by atoms with van der Waals surface area (Å²) in [7, 11) is 0. The van der Waals surface area contributed by atoms with Gasteiger partial charge in [-0.15, -0.1) is 11.8 Å². The number of aromatic nitrogens is 4. The van der Waals surface area contributed by atoms with Gasteiger partial charge in [-0.05, 0) is 79.1 Å². The second-order valence-electron chi connectivity index (χ2n) is 10.6. The second-order valence-corrected chi connectivity index (χ2v) is 14.4. The van der Waals surface area contributed by atoms with Gasteiger partial charge in [0, 0.05) is 105 Å². The van der Waals surface area contributed by atoms with Crippen LogP contribution in [0.2, 0.25) is 0 Å². The SMILES string of the molecule is CSc1ccncc1/C=C(\C#N)c1c[nH]c2ccc(Br)cc12.N#C/C(=C\c1cnccc1Sc1ccccc1)c1c[nH]c2ccc(Br)cc12. The fourth-order valence-corrected chi connectivity index (χ4v) is 7.35. The summed E-state index contributed by atoms with van der Waals surface area (Å²) >= 11 is 10.3. The van der Waals surface area contributed by atoms with Crippen LogP contribution in [0.3, 0.4) is 0 Å². The van der Waals surface area contributed by atoms with Gasteiger partial charge in [-0.2, -0.15) is 10.5 Å². The minimum absolute atomic E-state index is 0.599. The number of H-pyrrole nitrogens is 2. The van der Waals surface area contributed by atoms with E-state index in [9.17, 15) is 10.5 Å². The van der Waals surface area contributed by atoms with E-state index in [0.29, 0.717) is 11.1 Å². The molecular formula is C39H26Br2N6S2. The number of benzene rings is 3. The van der Waals surface area contributed by atoms with Crippen LogP contribution in [-0.2, 0) is 0 Å². The first-order valence-electron chi connectivity index (χ1n) is 14.9. The molecule has 0 aliphatic heterocycles. The lowest BCUT2D eigenvalue weighted by Gasteiger charge is -2.06. The Bertz CT molecular complexity index is 2420. The zero-order valence-electron chi connectivity index (χ0n) is 26.0. The normalized spacial score (nSPS) is 11.5. The van der Waals surface area contributed by atoms with Crippen LogP contribution in [0.25, 0.3) is 45.1 Å². The third-order valence-corrected chi connectivity index (χ3v) is 10.4. The average molecular weight is 803 g/mol. The van der Waals surface area contributed by atoms with Crippen molar-refractivity contribution in [2.45, 2.75) is 14.7 Å². The highest BCUT2D eigenvalue weighted by atomic mass is 79.9. The van der Waals surface area contributed by atoms with Gasteiger partial charge in [-0.25, -0.2) is 0 Å². The van der Waals surface area contributed by atoms with Crippen LogP contribution >= 0.6 is 55.4 Å². The van der Waals surface area contributed by atoms with E-state index in [0.717, 1.165) is 67.7 Å². The third-order valence-electron chi connectivity index (χ3n) is 7.52. The smallest absolute Gasteiger partial charge is 0.0998 e. The number of hydrogen-bond donors (Lipinski definition) is 2. The third kappa shape index (κ3) is 8.07. The zero-order valence-corrected chi connectivity index (χ0v) is 30.8. The van der Waals surface area contributed by atoms with Crippen LogP contribution in [-0.4, -0.2) is 26.2 Å². The number of aromatic amines is 2. The quantitative estimate of drug-likeness (QED) is 0.123. The van der Waals surface area contributed by atoms with E-state index in [4.69, 9.17) is 0 Å². The van der Waals surface area contributed by atoms with Crippen molar-refractivity contribution in [2.24, 2.45) is 0 Å². The molecule has 4 heterocycles. The summed E-state index contributed by atoms with van der Waals surface area (Å²) in [5.41, 5.74) is 6.89. The molecule has 0 fully saturated rings. The fraction of sp³-hybridized carbons (Fsp3) is 0.0256. The van der Waals surface area contributed by atoms with Gasteiger partial charge in [0.05, 0.1) is 23.3 Å². The van der Waals surface area contributed by atoms with E-state index in [1.165, 1.54) is 0 Å². The monoisotopic (exact) mass is 800 g/mol. The standard InChI is InChI=1S/C22H14BrN3S.C17H12BrN3S/c23-17-6-7-21-19(11-17)20(14-26-21)15(12-24)10-16-13-25-9-8-22(16)27-18-4-2-1-3-5-18;1-22-17-4-5-20-9-12(17)6-11(8-19)15-10-21-16-3-2-13(18)7-14(15)16/h1-11,13-14,26H;2-7,9-10,21H,1H3/b15-10+;11-6+. The van der Waals surface area contributed by atoms with E-state index in [-0.39, 0.29) is 0 Å². The predicted molar refractivity (Wildman–Crippen MR) is 210 cm³/mol. The van der Waals surface area contributed by atoms with Crippen molar-refractivity contribution in [3.05, 3.63) is 147 Å². The molecule has 10 heteroatoms. The molecule has 0 atom stereocenters. The number of allylic oxidation sites excluding steroid dienone is 2. The molecule has 4 aromatic heterocycles. The number of pyridine rings is 2. The summed E-state index contributed by atoms with van der Waals surface area (Å²) < 4.78 is 1.97. The molecule has 0 amide bonds. The van der Waals surface area contributed by atoms with Crippen LogP contribution in [0.4, 0.5) is 0 Å². The molecule has 0 bridgehead atoms. The van der Waals surface area contributed by atoms with Gasteiger partial charge in [0.25, 0.3) is 0 Å². The molecule has 3 aromatic carbocycles. The molecule has 238 valence electrons. The van der Waals surface area contributed by atoms with E-state index >= 15 is 0 Å². The molecule has 0 aliphatic rings. The van der Waals surface area contributed by atoms with Crippen LogP contribution < -0.4 is 0 Å². The number of hydrogen-bond acceptors (Lipinski definition) is 6. The number of thioether (sulfide) groups is 1. The van der Waals surface area contributed by atoms with E-state index in [2.05, 4.69) is 76.1 Å². The van der Waals surface area contributed by atoms with Crippen molar-refractivity contribution in [1.82, 2.24) is 19.9 Å². The minimum atomic E-state index is 0.599. The Morgan fingerprint density at radius 2 is 1.20 bits per heavy atom. The highest BCUT2D eigenvalue weighted by molar-refractivity contribution is 9.10. The predicted octanol–water partition coefficient (Wildman–Crippen LogP) is 11.7. The molecule has 49 heavy (non-hydrogen) atoms. The summed E-state index contributed by atoms with van der Waals surface area (Å²) in [5.74, 6) is 0. The number of halogens is 2. The van der Waals surface area contributed by atoms with E-state index < -0.39 is 0 Å². The van der Waals surface area contributed by atoms with E-state index in [1.54, 1.807) is 48.3 Å². The summed E-state index contributed by atoms with van der Waals surface area (Å²) in [4.78, 5) is 18.2. The maximum Gasteiger partial charge on any atom is 0.0998 e. The minimum Gasteiger partial charge on any atom is -0.361 e. The molecule has 2 N–H and O–H groups in total. The Balaban J connectivity index is 0.000000174. The molecule has 0 spiro atoms. The van der Waals surface area contributed by atoms with Crippen molar-refractivity contribution >= 4 is 100 Å². The van der Waals surface area contributed by atoms with Gasteiger partial charge < -0.3 is 9.97 Å². The topological polar surface area (TPSA) is 105 Å². The Labute approximate surface area is 309 Å². The maximum absolute atomic E-state index is 9.80. The lowest BCUT2D eigenvalue weighted by atomic mass is 10.0. The second kappa shape index (κ2) is 16.0. The molecule has 6 nitrogen and oxygen atoms in total. The van der Waals surface area contributed by atoms with Gasteiger partial charge >= 0.3 is 0 Å². The first-order valence-corrected chi connectivity index (χ1v) is 18.5. The number of nitriles is 2. The van der Waals surface area contributed by atoms with Gasteiger partial charge in [0.15, 0.2) is 0 Å². The number of rotatable bonds is 7. The molecule has 0 saturated heterocycles. The molecule has 0 unspecified atom stereocenters. The maximum atomic E-state index is 9.80. The van der Waals surface area contributed by atoms with Crippen molar-refractivity contribution in [1.29, 1.82) is 10.5 Å². The Kier molecular flexibility index (Phi) is 11.1. The summed E-state index contributed by atoms with van der Waals surface area (Å²) in [5, 5.41) is 21.4. The average Bonchev–Trinajstić information content (AvgIpc) is 3.75. The number of nitrogens with zero attached hydrogens (tertiary/aromatic N) is 4. The van der Waals surface area contributed by atoms with Crippen molar-refractivity contribution in [3.8, 4) is 12.1 Å². The molecule has 0 radical (unpaired) electrons. The van der Waals surface area contributed by atoms with Gasteiger partial charge in [-0.3, -0.25) is 9.97 Å². The van der Waals surface area contributed by atoms with Crippen LogP contribution in [0.5, 0.6) is 0 Å².